The van der Waals surface area contributed by atoms with E-state index in [1.165, 1.54) is 0 Å². The highest BCUT2D eigenvalue weighted by Crippen LogP contribution is 2.49. The fourth-order valence-corrected chi connectivity index (χ4v) is 4.11. The van der Waals surface area contributed by atoms with Gasteiger partial charge >= 0.3 is 0 Å². The third kappa shape index (κ3) is 2.08. The van der Waals surface area contributed by atoms with Gasteiger partial charge in [-0.05, 0) is 43.7 Å². The molecule has 0 aliphatic carbocycles. The van der Waals surface area contributed by atoms with Crippen molar-refractivity contribution in [3.05, 3.63) is 53.3 Å². The zero-order valence-electron chi connectivity index (χ0n) is 12.4. The Hall–Kier alpha value is -2.01. The van der Waals surface area contributed by atoms with E-state index in [0.29, 0.717) is 0 Å². The quantitative estimate of drug-likeness (QED) is 0.851. The molecule has 4 rings (SSSR count). The van der Waals surface area contributed by atoms with Crippen LogP contribution in [0.25, 0.3) is 0 Å². The molecule has 0 spiro atoms. The van der Waals surface area contributed by atoms with Crippen molar-refractivity contribution >= 4 is 18.0 Å². The van der Waals surface area contributed by atoms with Crippen LogP contribution < -0.4 is 9.47 Å². The van der Waals surface area contributed by atoms with Crippen LogP contribution in [0.1, 0.15) is 23.9 Å². The van der Waals surface area contributed by atoms with Gasteiger partial charge in [-0.15, -0.1) is 11.8 Å². The van der Waals surface area contributed by atoms with Gasteiger partial charge in [0.2, 0.25) is 6.79 Å². The summed E-state index contributed by atoms with van der Waals surface area (Å²) in [5, 5.41) is 0.202. The van der Waals surface area contributed by atoms with E-state index >= 15 is 0 Å². The van der Waals surface area contributed by atoms with Crippen LogP contribution in [0.5, 0.6) is 11.5 Å². The van der Waals surface area contributed by atoms with E-state index in [2.05, 4.69) is 24.0 Å². The maximum atomic E-state index is 5.53. The van der Waals surface area contributed by atoms with E-state index in [-0.39, 0.29) is 16.9 Å². The highest BCUT2D eigenvalue weighted by molar-refractivity contribution is 8.02. The number of hydrogen-bond acceptors (Lipinski definition) is 5. The number of thioether (sulfide) groups is 1. The van der Waals surface area contributed by atoms with Crippen LogP contribution in [-0.4, -0.2) is 23.4 Å². The first-order valence-corrected chi connectivity index (χ1v) is 8.12. The summed E-state index contributed by atoms with van der Waals surface area (Å²) in [7, 11) is 0. The molecule has 1 aromatic heterocycles. The molecule has 0 saturated heterocycles. The number of nitrogens with zero attached hydrogens (tertiary/aromatic N) is 2. The number of hydrogen-bond donors (Lipinski definition) is 0. The van der Waals surface area contributed by atoms with E-state index in [1.807, 2.05) is 37.4 Å². The number of benzene rings is 1. The van der Waals surface area contributed by atoms with E-state index in [9.17, 15) is 0 Å². The maximum absolute atomic E-state index is 5.53. The zero-order valence-corrected chi connectivity index (χ0v) is 13.3. The Bertz CT molecular complexity index is 762. The first-order chi connectivity index (χ1) is 10.7. The Balaban J connectivity index is 1.87. The van der Waals surface area contributed by atoms with Crippen molar-refractivity contribution in [3.8, 4) is 11.5 Å². The molecule has 0 bridgehead atoms. The van der Waals surface area contributed by atoms with Crippen molar-refractivity contribution < 1.29 is 9.47 Å². The summed E-state index contributed by atoms with van der Waals surface area (Å²) >= 11 is 1.79. The molecule has 112 valence electrons. The smallest absolute Gasteiger partial charge is 0.231 e. The van der Waals surface area contributed by atoms with Crippen LogP contribution in [0.4, 0.5) is 0 Å². The molecular weight excluding hydrogens is 296 g/mol. The molecule has 0 fully saturated rings. The van der Waals surface area contributed by atoms with Crippen molar-refractivity contribution in [2.75, 3.05) is 6.79 Å². The van der Waals surface area contributed by atoms with Crippen molar-refractivity contribution in [2.45, 2.75) is 24.0 Å². The number of ether oxygens (including phenoxy) is 2. The highest BCUT2D eigenvalue weighted by Gasteiger charge is 2.41. The molecule has 0 radical (unpaired) electrons. The van der Waals surface area contributed by atoms with Crippen LogP contribution in [0.3, 0.4) is 0 Å². The van der Waals surface area contributed by atoms with E-state index in [0.717, 1.165) is 28.5 Å². The molecule has 1 aromatic carbocycles. The first kappa shape index (κ1) is 13.6. The number of aryl methyl sites for hydroxylation is 1. The molecule has 5 heteroatoms. The normalized spacial score (nSPS) is 25.6. The second kappa shape index (κ2) is 5.02. The Labute approximate surface area is 133 Å². The second-order valence-electron chi connectivity index (χ2n) is 5.46. The van der Waals surface area contributed by atoms with Gasteiger partial charge in [-0.2, -0.15) is 0 Å². The number of rotatable bonds is 2. The van der Waals surface area contributed by atoms with Gasteiger partial charge in [0, 0.05) is 11.9 Å². The number of aliphatic imine (C=N–C) groups is 1. The Morgan fingerprint density at radius 1 is 1.18 bits per heavy atom. The third-order valence-corrected chi connectivity index (χ3v) is 5.28. The van der Waals surface area contributed by atoms with E-state index in [1.54, 1.807) is 11.8 Å². The van der Waals surface area contributed by atoms with E-state index in [4.69, 9.17) is 14.5 Å². The van der Waals surface area contributed by atoms with Gasteiger partial charge in [-0.1, -0.05) is 12.1 Å². The van der Waals surface area contributed by atoms with Crippen molar-refractivity contribution in [1.29, 1.82) is 0 Å². The minimum atomic E-state index is -0.369. The summed E-state index contributed by atoms with van der Waals surface area (Å²) in [6, 6.07) is 12.2. The lowest BCUT2D eigenvalue weighted by molar-refractivity contribution is 0.174. The molecule has 0 N–H and O–H groups in total. The van der Waals surface area contributed by atoms with Crippen LogP contribution in [0, 0.1) is 6.92 Å². The summed E-state index contributed by atoms with van der Waals surface area (Å²) in [6.45, 7) is 4.40. The molecule has 3 heterocycles. The van der Waals surface area contributed by atoms with Crippen LogP contribution in [-0.2, 0) is 4.75 Å². The molecule has 22 heavy (non-hydrogen) atoms. The van der Waals surface area contributed by atoms with Crippen molar-refractivity contribution in [3.63, 3.8) is 0 Å². The average Bonchev–Trinajstić information content (AvgIpc) is 3.13. The fourth-order valence-electron chi connectivity index (χ4n) is 2.83. The number of pyridine rings is 1. The summed E-state index contributed by atoms with van der Waals surface area (Å²) in [6.07, 6.45) is 2.02. The largest absolute Gasteiger partial charge is 0.454 e. The summed E-state index contributed by atoms with van der Waals surface area (Å²) in [4.78, 5) is 9.34. The van der Waals surface area contributed by atoms with Gasteiger partial charge in [-0.3, -0.25) is 9.98 Å². The van der Waals surface area contributed by atoms with Crippen LogP contribution in [0.15, 0.2) is 41.4 Å². The molecular formula is C17H16N2O2S. The van der Waals surface area contributed by atoms with Crippen molar-refractivity contribution in [1.82, 2.24) is 4.98 Å². The minimum Gasteiger partial charge on any atom is -0.454 e. The second-order valence-corrected chi connectivity index (χ2v) is 7.03. The zero-order chi connectivity index (χ0) is 15.2. The molecule has 2 aliphatic heterocycles. The summed E-state index contributed by atoms with van der Waals surface area (Å²) in [5.41, 5.74) is 3.13. The Morgan fingerprint density at radius 2 is 2.05 bits per heavy atom. The topological polar surface area (TPSA) is 43.7 Å². The fraction of sp³-hybridized carbons (Fsp3) is 0.294. The monoisotopic (exact) mass is 312 g/mol. The standard InChI is InChI=1S/C17H16N2O2S/c1-11-4-3-5-16(19-11)17(9-18-12(2)22-17)13-6-7-14-15(8-13)21-10-20-14/h3-9,12H,10H2,1-2H3. The number of aromatic nitrogens is 1. The lowest BCUT2D eigenvalue weighted by atomic mass is 9.94. The maximum Gasteiger partial charge on any atom is 0.231 e. The predicted molar refractivity (Wildman–Crippen MR) is 87.9 cm³/mol. The van der Waals surface area contributed by atoms with Gasteiger partial charge in [0.15, 0.2) is 11.5 Å². The minimum absolute atomic E-state index is 0.202. The van der Waals surface area contributed by atoms with Gasteiger partial charge in [-0.25, -0.2) is 0 Å². The van der Waals surface area contributed by atoms with Crippen LogP contribution in [0.2, 0.25) is 0 Å². The van der Waals surface area contributed by atoms with Gasteiger partial charge in [0.25, 0.3) is 0 Å². The molecule has 0 amide bonds. The van der Waals surface area contributed by atoms with Gasteiger partial charge in [0.1, 0.15) is 4.75 Å². The average molecular weight is 312 g/mol. The van der Waals surface area contributed by atoms with Gasteiger partial charge < -0.3 is 9.47 Å². The molecule has 2 unspecified atom stereocenters. The summed E-state index contributed by atoms with van der Waals surface area (Å²) < 4.78 is 10.6. The lowest BCUT2D eigenvalue weighted by Crippen LogP contribution is -2.25. The molecule has 2 atom stereocenters. The molecule has 2 aliphatic rings. The molecule has 2 aromatic rings. The first-order valence-electron chi connectivity index (χ1n) is 7.24. The van der Waals surface area contributed by atoms with Crippen LogP contribution >= 0.6 is 11.8 Å². The van der Waals surface area contributed by atoms with E-state index < -0.39 is 0 Å². The van der Waals surface area contributed by atoms with Crippen molar-refractivity contribution in [2.24, 2.45) is 4.99 Å². The highest BCUT2D eigenvalue weighted by atomic mass is 32.2. The molecule has 4 nitrogen and oxygen atoms in total. The summed E-state index contributed by atoms with van der Waals surface area (Å²) in [5.74, 6) is 1.59. The third-order valence-electron chi connectivity index (χ3n) is 3.89. The van der Waals surface area contributed by atoms with Gasteiger partial charge in [0.05, 0.1) is 11.1 Å². The number of fused-ring (bicyclic) bond motifs is 1. The predicted octanol–water partition coefficient (Wildman–Crippen LogP) is 3.53. The Kier molecular flexibility index (Phi) is 3.11. The lowest BCUT2D eigenvalue weighted by Gasteiger charge is -2.26. The SMILES string of the molecule is Cc1cccc(C2(c3ccc4c(c3)OCO4)C=NC(C)S2)n1. The Morgan fingerprint density at radius 3 is 2.82 bits per heavy atom. The molecule has 0 saturated carbocycles.